The van der Waals surface area contributed by atoms with E-state index in [-0.39, 0.29) is 37.0 Å². The van der Waals surface area contributed by atoms with Crippen molar-refractivity contribution in [3.05, 3.63) is 95.9 Å². The van der Waals surface area contributed by atoms with Crippen LogP contribution in [-0.2, 0) is 0 Å². The van der Waals surface area contributed by atoms with Gasteiger partial charge in [0.1, 0.15) is 5.75 Å². The predicted molar refractivity (Wildman–Crippen MR) is 133 cm³/mol. The van der Waals surface area contributed by atoms with Crippen molar-refractivity contribution in [1.82, 2.24) is 4.90 Å². The second-order valence-electron chi connectivity index (χ2n) is 7.86. The summed E-state index contributed by atoms with van der Waals surface area (Å²) in [5.41, 5.74) is -0.801. The third-order valence-corrected chi connectivity index (χ3v) is 7.28. The first kappa shape index (κ1) is 24.8. The first-order chi connectivity index (χ1) is 15.9. The van der Waals surface area contributed by atoms with Gasteiger partial charge in [-0.3, -0.25) is 14.4 Å². The summed E-state index contributed by atoms with van der Waals surface area (Å²) in [6.45, 7) is 3.07. The van der Waals surface area contributed by atoms with Crippen LogP contribution >= 0.6 is 58.0 Å². The molecule has 3 aromatic rings. The third kappa shape index (κ3) is 4.16. The van der Waals surface area contributed by atoms with Gasteiger partial charge in [0.15, 0.2) is 11.5 Å². The molecule has 34 heavy (non-hydrogen) atoms. The highest BCUT2D eigenvalue weighted by molar-refractivity contribution is 6.55. The first-order valence-electron chi connectivity index (χ1n) is 9.78. The molecule has 10 heteroatoms. The SMILES string of the molecule is CC(C)(Oc1ccc(C(=O)c2ccc(Cl)cc2)cc1)N1C(=O)c2c(Cl)c(Cl)c(Cl)c(Cl)c2C1=O. The van der Waals surface area contributed by atoms with Gasteiger partial charge in [-0.2, -0.15) is 0 Å². The number of rotatable bonds is 5. The van der Waals surface area contributed by atoms with Gasteiger partial charge in [-0.05, 0) is 62.4 Å². The molecule has 0 aliphatic carbocycles. The quantitative estimate of drug-likeness (QED) is 0.140. The lowest BCUT2D eigenvalue weighted by atomic mass is 10.0. The van der Waals surface area contributed by atoms with Crippen molar-refractivity contribution in [3.63, 3.8) is 0 Å². The molecule has 4 rings (SSSR count). The summed E-state index contributed by atoms with van der Waals surface area (Å²) < 4.78 is 5.96. The van der Waals surface area contributed by atoms with Crippen LogP contribution in [0.1, 0.15) is 50.5 Å². The lowest BCUT2D eigenvalue weighted by Crippen LogP contribution is -2.51. The van der Waals surface area contributed by atoms with E-state index < -0.39 is 17.5 Å². The number of carbonyl (C=O) groups excluding carboxylic acids is 3. The minimum Gasteiger partial charge on any atom is -0.468 e. The number of fused-ring (bicyclic) bond motifs is 1. The van der Waals surface area contributed by atoms with Gasteiger partial charge in [-0.15, -0.1) is 0 Å². The van der Waals surface area contributed by atoms with Crippen molar-refractivity contribution < 1.29 is 19.1 Å². The van der Waals surface area contributed by atoms with Crippen LogP contribution < -0.4 is 4.74 Å². The summed E-state index contributed by atoms with van der Waals surface area (Å²) in [4.78, 5) is 39.8. The molecule has 174 valence electrons. The van der Waals surface area contributed by atoms with E-state index in [4.69, 9.17) is 62.7 Å². The molecule has 0 aromatic heterocycles. The van der Waals surface area contributed by atoms with Gasteiger partial charge in [0.05, 0.1) is 31.2 Å². The van der Waals surface area contributed by atoms with Crippen LogP contribution in [0.5, 0.6) is 5.75 Å². The van der Waals surface area contributed by atoms with E-state index in [1.54, 1.807) is 48.5 Å². The maximum Gasteiger partial charge on any atom is 0.266 e. The van der Waals surface area contributed by atoms with Crippen molar-refractivity contribution in [2.75, 3.05) is 0 Å². The minimum atomic E-state index is -1.44. The molecular formula is C24H14Cl5NO4. The molecule has 0 saturated heterocycles. The standard InChI is InChI=1S/C24H14Cl5NO4/c1-24(2,30-22(32)15-16(23(30)33)18(27)20(29)19(28)17(15)26)34-14-9-5-12(6-10-14)21(31)11-3-7-13(25)8-4-11/h3-10H,1-2H3. The average molecular weight is 558 g/mol. The largest absolute Gasteiger partial charge is 0.468 e. The van der Waals surface area contributed by atoms with Crippen molar-refractivity contribution >= 4 is 75.6 Å². The molecule has 0 saturated carbocycles. The summed E-state index contributed by atoms with van der Waals surface area (Å²) >= 11 is 30.4. The summed E-state index contributed by atoms with van der Waals surface area (Å²) in [5.74, 6) is -1.31. The van der Waals surface area contributed by atoms with Crippen LogP contribution in [0.3, 0.4) is 0 Å². The maximum atomic E-state index is 13.1. The zero-order valence-electron chi connectivity index (χ0n) is 17.6. The van der Waals surface area contributed by atoms with E-state index in [1.807, 2.05) is 0 Å². The van der Waals surface area contributed by atoms with Gasteiger partial charge < -0.3 is 4.74 Å². The molecule has 2 amide bonds. The van der Waals surface area contributed by atoms with Crippen LogP contribution in [0.4, 0.5) is 0 Å². The van der Waals surface area contributed by atoms with Crippen molar-refractivity contribution in [2.24, 2.45) is 0 Å². The van der Waals surface area contributed by atoms with Crippen LogP contribution in [-0.4, -0.2) is 28.2 Å². The highest BCUT2D eigenvalue weighted by Crippen LogP contribution is 2.46. The Morgan fingerprint density at radius 2 is 1.12 bits per heavy atom. The minimum absolute atomic E-state index is 0.116. The van der Waals surface area contributed by atoms with E-state index in [1.165, 1.54) is 13.8 Å². The van der Waals surface area contributed by atoms with Crippen molar-refractivity contribution in [3.8, 4) is 5.75 Å². The van der Waals surface area contributed by atoms with Gasteiger partial charge in [-0.25, -0.2) is 4.90 Å². The third-order valence-electron chi connectivity index (χ3n) is 5.23. The summed E-state index contributed by atoms with van der Waals surface area (Å²) in [7, 11) is 0. The predicted octanol–water partition coefficient (Wildman–Crippen LogP) is 7.60. The number of halogens is 5. The fourth-order valence-electron chi connectivity index (χ4n) is 3.61. The molecule has 3 aromatic carbocycles. The Labute approximate surface area is 220 Å². The van der Waals surface area contributed by atoms with Crippen LogP contribution in [0.2, 0.25) is 25.1 Å². The zero-order chi connectivity index (χ0) is 24.9. The van der Waals surface area contributed by atoms with Gasteiger partial charge in [0.2, 0.25) is 0 Å². The monoisotopic (exact) mass is 555 g/mol. The van der Waals surface area contributed by atoms with Crippen LogP contribution in [0.25, 0.3) is 0 Å². The molecule has 1 aliphatic heterocycles. The van der Waals surface area contributed by atoms with E-state index >= 15 is 0 Å². The molecule has 5 nitrogen and oxygen atoms in total. The second-order valence-corrected chi connectivity index (χ2v) is 9.81. The molecule has 0 N–H and O–H groups in total. The van der Waals surface area contributed by atoms with Crippen molar-refractivity contribution in [1.29, 1.82) is 0 Å². The van der Waals surface area contributed by atoms with Crippen LogP contribution in [0, 0.1) is 0 Å². The zero-order valence-corrected chi connectivity index (χ0v) is 21.4. The summed E-state index contributed by atoms with van der Waals surface area (Å²) in [6, 6.07) is 12.8. The summed E-state index contributed by atoms with van der Waals surface area (Å²) in [6.07, 6.45) is 0. The highest BCUT2D eigenvalue weighted by Gasteiger charge is 2.49. The molecule has 1 aliphatic rings. The Balaban J connectivity index is 1.60. The number of ether oxygens (including phenoxy) is 1. The Kier molecular flexibility index (Phi) is 6.62. The van der Waals surface area contributed by atoms with Gasteiger partial charge in [0.25, 0.3) is 11.8 Å². The number of nitrogens with zero attached hydrogens (tertiary/aromatic N) is 1. The Morgan fingerprint density at radius 3 is 1.56 bits per heavy atom. The first-order valence-corrected chi connectivity index (χ1v) is 11.7. The Hall–Kier alpha value is -2.28. The number of hydrogen-bond donors (Lipinski definition) is 0. The van der Waals surface area contributed by atoms with Crippen LogP contribution in [0.15, 0.2) is 48.5 Å². The smallest absolute Gasteiger partial charge is 0.266 e. The van der Waals surface area contributed by atoms with E-state index in [0.29, 0.717) is 21.9 Å². The number of imide groups is 1. The topological polar surface area (TPSA) is 63.7 Å². The molecule has 0 atom stereocenters. The lowest BCUT2D eigenvalue weighted by Gasteiger charge is -2.34. The number of benzene rings is 3. The number of hydrogen-bond acceptors (Lipinski definition) is 4. The van der Waals surface area contributed by atoms with Gasteiger partial charge in [-0.1, -0.05) is 58.0 Å². The molecule has 0 bridgehead atoms. The molecule has 0 unspecified atom stereocenters. The molecule has 0 fully saturated rings. The van der Waals surface area contributed by atoms with Gasteiger partial charge in [0, 0.05) is 16.1 Å². The summed E-state index contributed by atoms with van der Waals surface area (Å²) in [5, 5.41) is -0.0205. The fourth-order valence-corrected chi connectivity index (χ4v) is 4.75. The number of ketones is 1. The number of carbonyl (C=O) groups is 3. The van der Waals surface area contributed by atoms with E-state index in [0.717, 1.165) is 4.90 Å². The number of amides is 2. The van der Waals surface area contributed by atoms with Crippen molar-refractivity contribution in [2.45, 2.75) is 19.6 Å². The molecule has 0 spiro atoms. The Bertz CT molecular complexity index is 1300. The van der Waals surface area contributed by atoms with E-state index in [2.05, 4.69) is 0 Å². The highest BCUT2D eigenvalue weighted by atomic mass is 35.5. The van der Waals surface area contributed by atoms with E-state index in [9.17, 15) is 14.4 Å². The molecular weight excluding hydrogens is 544 g/mol. The maximum absolute atomic E-state index is 13.1. The van der Waals surface area contributed by atoms with Gasteiger partial charge >= 0.3 is 0 Å². The average Bonchev–Trinajstić information content (AvgIpc) is 3.07. The normalized spacial score (nSPS) is 13.3. The Morgan fingerprint density at radius 1 is 0.706 bits per heavy atom. The molecule has 1 heterocycles. The molecule has 0 radical (unpaired) electrons. The fraction of sp³-hybridized carbons (Fsp3) is 0.125. The lowest BCUT2D eigenvalue weighted by molar-refractivity contribution is -0.0232. The second kappa shape index (κ2) is 9.06.